The number of nitrogens with one attached hydrogen (secondary N) is 1. The number of carbonyl (C=O) groups excluding carboxylic acids is 1. The van der Waals surface area contributed by atoms with Gasteiger partial charge in [-0.3, -0.25) is 4.79 Å². The second kappa shape index (κ2) is 5.13. The van der Waals surface area contributed by atoms with Crippen LogP contribution in [0.2, 0.25) is 0 Å². The lowest BCUT2D eigenvalue weighted by Gasteiger charge is -2.07. The van der Waals surface area contributed by atoms with E-state index in [1.807, 2.05) is 0 Å². The fourth-order valence-electron chi connectivity index (χ4n) is 1.38. The van der Waals surface area contributed by atoms with Crippen molar-refractivity contribution in [3.05, 3.63) is 42.4 Å². The van der Waals surface area contributed by atoms with Crippen molar-refractivity contribution < 1.29 is 14.6 Å². The van der Waals surface area contributed by atoms with Gasteiger partial charge in [0.1, 0.15) is 5.82 Å². The largest absolute Gasteiger partial charge is 0.503 e. The van der Waals surface area contributed by atoms with Crippen LogP contribution in [0.15, 0.2) is 36.7 Å². The Bertz CT molecular complexity index is 558. The van der Waals surface area contributed by atoms with Gasteiger partial charge in [-0.15, -0.1) is 0 Å². The number of hydrogen-bond acceptors (Lipinski definition) is 5. The zero-order chi connectivity index (χ0) is 13.0. The zero-order valence-electron chi connectivity index (χ0n) is 9.62. The van der Waals surface area contributed by atoms with E-state index in [1.165, 1.54) is 19.4 Å². The maximum atomic E-state index is 11.9. The summed E-state index contributed by atoms with van der Waals surface area (Å²) < 4.78 is 4.90. The summed E-state index contributed by atoms with van der Waals surface area (Å²) in [6.07, 6.45) is 2.93. The SMILES string of the molecule is COc1ccnc(C(=O)Nc2ccccn2)c1O. The number of hydrogen-bond donors (Lipinski definition) is 2. The first-order valence-corrected chi connectivity index (χ1v) is 5.16. The summed E-state index contributed by atoms with van der Waals surface area (Å²) >= 11 is 0. The molecule has 2 N–H and O–H groups in total. The molecule has 6 nitrogen and oxygen atoms in total. The first-order valence-electron chi connectivity index (χ1n) is 5.16. The fourth-order valence-corrected chi connectivity index (χ4v) is 1.38. The Labute approximate surface area is 103 Å². The monoisotopic (exact) mass is 245 g/mol. The van der Waals surface area contributed by atoms with Crippen molar-refractivity contribution >= 4 is 11.7 Å². The van der Waals surface area contributed by atoms with Crippen LogP contribution < -0.4 is 10.1 Å². The highest BCUT2D eigenvalue weighted by Gasteiger charge is 2.16. The third-order valence-electron chi connectivity index (χ3n) is 2.23. The third-order valence-corrected chi connectivity index (χ3v) is 2.23. The van der Waals surface area contributed by atoms with E-state index in [4.69, 9.17) is 4.74 Å². The van der Waals surface area contributed by atoms with E-state index in [0.29, 0.717) is 5.82 Å². The number of aromatic nitrogens is 2. The summed E-state index contributed by atoms with van der Waals surface area (Å²) in [4.78, 5) is 19.6. The van der Waals surface area contributed by atoms with Gasteiger partial charge in [0.05, 0.1) is 7.11 Å². The Morgan fingerprint density at radius 3 is 2.78 bits per heavy atom. The molecule has 2 aromatic rings. The molecule has 2 heterocycles. The van der Waals surface area contributed by atoms with Gasteiger partial charge in [-0.25, -0.2) is 9.97 Å². The van der Waals surface area contributed by atoms with E-state index in [-0.39, 0.29) is 17.2 Å². The van der Waals surface area contributed by atoms with Gasteiger partial charge in [-0.2, -0.15) is 0 Å². The van der Waals surface area contributed by atoms with Gasteiger partial charge in [-0.05, 0) is 12.1 Å². The summed E-state index contributed by atoms with van der Waals surface area (Å²) in [5.74, 6) is -0.277. The molecule has 2 aromatic heterocycles. The number of carbonyl (C=O) groups is 1. The van der Waals surface area contributed by atoms with Gasteiger partial charge in [0, 0.05) is 18.5 Å². The van der Waals surface area contributed by atoms with Crippen LogP contribution >= 0.6 is 0 Å². The van der Waals surface area contributed by atoms with Crippen LogP contribution in [0.4, 0.5) is 5.82 Å². The molecular weight excluding hydrogens is 234 g/mol. The molecule has 0 atom stereocenters. The molecule has 0 bridgehead atoms. The highest BCUT2D eigenvalue weighted by molar-refractivity contribution is 6.04. The quantitative estimate of drug-likeness (QED) is 0.854. The van der Waals surface area contributed by atoms with Crippen molar-refractivity contribution in [2.24, 2.45) is 0 Å². The van der Waals surface area contributed by atoms with Crippen LogP contribution in [-0.2, 0) is 0 Å². The molecule has 0 aliphatic rings. The molecule has 0 saturated carbocycles. The van der Waals surface area contributed by atoms with Crippen LogP contribution in [0.25, 0.3) is 0 Å². The topological polar surface area (TPSA) is 84.3 Å². The summed E-state index contributed by atoms with van der Waals surface area (Å²) in [5, 5.41) is 12.3. The van der Waals surface area contributed by atoms with Crippen LogP contribution in [0.5, 0.6) is 11.5 Å². The minimum atomic E-state index is -0.551. The third kappa shape index (κ3) is 2.37. The average Bonchev–Trinajstić information content (AvgIpc) is 2.40. The van der Waals surface area contributed by atoms with Crippen LogP contribution in [0.1, 0.15) is 10.5 Å². The molecule has 2 rings (SSSR count). The first-order chi connectivity index (χ1) is 8.72. The Balaban J connectivity index is 2.24. The van der Waals surface area contributed by atoms with E-state index in [2.05, 4.69) is 15.3 Å². The smallest absolute Gasteiger partial charge is 0.279 e. The number of rotatable bonds is 3. The second-order valence-electron chi connectivity index (χ2n) is 3.38. The van der Waals surface area contributed by atoms with Gasteiger partial charge in [-0.1, -0.05) is 6.07 Å². The zero-order valence-corrected chi connectivity index (χ0v) is 9.62. The van der Waals surface area contributed by atoms with Gasteiger partial charge < -0.3 is 15.2 Å². The van der Waals surface area contributed by atoms with Crippen LogP contribution in [0.3, 0.4) is 0 Å². The lowest BCUT2D eigenvalue weighted by molar-refractivity contribution is 0.101. The number of methoxy groups -OCH3 is 1. The molecule has 0 saturated heterocycles. The van der Waals surface area contributed by atoms with Crippen molar-refractivity contribution in [3.8, 4) is 11.5 Å². The van der Waals surface area contributed by atoms with E-state index < -0.39 is 5.91 Å². The van der Waals surface area contributed by atoms with Crippen molar-refractivity contribution in [3.63, 3.8) is 0 Å². The molecule has 1 amide bonds. The standard InChI is InChI=1S/C12H11N3O3/c1-18-8-5-7-14-10(11(8)16)12(17)15-9-4-2-3-6-13-9/h2-7,16H,1H3,(H,13,15,17). The number of ether oxygens (including phenoxy) is 1. The van der Waals surface area contributed by atoms with E-state index in [1.54, 1.807) is 24.4 Å². The molecule has 6 heteroatoms. The Morgan fingerprint density at radius 1 is 1.28 bits per heavy atom. The predicted molar refractivity (Wildman–Crippen MR) is 64.6 cm³/mol. The summed E-state index contributed by atoms with van der Waals surface area (Å²) in [7, 11) is 1.40. The molecule has 0 aliphatic heterocycles. The predicted octanol–water partition coefficient (Wildman–Crippen LogP) is 1.44. The second-order valence-corrected chi connectivity index (χ2v) is 3.38. The maximum absolute atomic E-state index is 11.9. The molecule has 0 aromatic carbocycles. The van der Waals surface area contributed by atoms with Crippen molar-refractivity contribution in [1.29, 1.82) is 0 Å². The van der Waals surface area contributed by atoms with Crippen molar-refractivity contribution in [1.82, 2.24) is 9.97 Å². The van der Waals surface area contributed by atoms with Crippen molar-refractivity contribution in [2.45, 2.75) is 0 Å². The average molecular weight is 245 g/mol. The van der Waals surface area contributed by atoms with E-state index in [0.717, 1.165) is 0 Å². The summed E-state index contributed by atoms with van der Waals surface area (Å²) in [6, 6.07) is 6.57. The Kier molecular flexibility index (Phi) is 3.38. The molecule has 0 unspecified atom stereocenters. The summed E-state index contributed by atoms with van der Waals surface area (Å²) in [6.45, 7) is 0. The molecule has 18 heavy (non-hydrogen) atoms. The molecule has 92 valence electrons. The van der Waals surface area contributed by atoms with E-state index >= 15 is 0 Å². The molecule has 0 spiro atoms. The van der Waals surface area contributed by atoms with Gasteiger partial charge in [0.15, 0.2) is 17.2 Å². The number of pyridine rings is 2. The van der Waals surface area contributed by atoms with Crippen LogP contribution in [0, 0.1) is 0 Å². The molecule has 0 fully saturated rings. The van der Waals surface area contributed by atoms with Crippen molar-refractivity contribution in [2.75, 3.05) is 12.4 Å². The fraction of sp³-hybridized carbons (Fsp3) is 0.0833. The molecule has 0 aliphatic carbocycles. The van der Waals surface area contributed by atoms with Crippen LogP contribution in [-0.4, -0.2) is 28.1 Å². The number of aromatic hydroxyl groups is 1. The highest BCUT2D eigenvalue weighted by Crippen LogP contribution is 2.27. The minimum Gasteiger partial charge on any atom is -0.503 e. The normalized spacial score (nSPS) is 9.83. The molecule has 0 radical (unpaired) electrons. The minimum absolute atomic E-state index is 0.111. The van der Waals surface area contributed by atoms with Gasteiger partial charge in [0.25, 0.3) is 5.91 Å². The Hall–Kier alpha value is -2.63. The van der Waals surface area contributed by atoms with Gasteiger partial charge >= 0.3 is 0 Å². The maximum Gasteiger partial charge on any atom is 0.279 e. The lowest BCUT2D eigenvalue weighted by Crippen LogP contribution is -2.14. The summed E-state index contributed by atoms with van der Waals surface area (Å²) in [5.41, 5.74) is -0.111. The van der Waals surface area contributed by atoms with Gasteiger partial charge in [0.2, 0.25) is 0 Å². The lowest BCUT2D eigenvalue weighted by atomic mass is 10.3. The number of nitrogens with zero attached hydrogens (tertiary/aromatic N) is 2. The number of amides is 1. The highest BCUT2D eigenvalue weighted by atomic mass is 16.5. The molecular formula is C12H11N3O3. The first kappa shape index (κ1) is 11.8. The Morgan fingerprint density at radius 2 is 2.11 bits per heavy atom. The van der Waals surface area contributed by atoms with E-state index in [9.17, 15) is 9.90 Å². The number of anilines is 1.